The molecule has 3 N–H and O–H groups in total. The highest BCUT2D eigenvalue weighted by Gasteiger charge is 2.04. The van der Waals surface area contributed by atoms with Crippen LogP contribution in [0, 0.1) is 5.82 Å². The van der Waals surface area contributed by atoms with E-state index in [2.05, 4.69) is 39.6 Å². The predicted octanol–water partition coefficient (Wildman–Crippen LogP) is 4.12. The lowest BCUT2D eigenvalue weighted by atomic mass is 10.1. The first kappa shape index (κ1) is 14.0. The number of benzene rings is 2. The minimum absolute atomic E-state index is 0.189. The first-order valence-corrected chi connectivity index (χ1v) is 7.82. The standard InChI is InChI=1S/C19H18FN3/c20-16-2-4-19-17(10-16)15(12-23-19)5-7-21-11-13-1-3-18-14(9-13)6-8-22-18/h1-4,6,8-10,12,21-23H,5,7,11H2. The zero-order chi connectivity index (χ0) is 15.6. The minimum Gasteiger partial charge on any atom is -0.361 e. The number of fused-ring (bicyclic) bond motifs is 2. The summed E-state index contributed by atoms with van der Waals surface area (Å²) in [5, 5.41) is 5.66. The van der Waals surface area contributed by atoms with E-state index in [9.17, 15) is 4.39 Å². The summed E-state index contributed by atoms with van der Waals surface area (Å²) in [5.41, 5.74) is 4.56. The largest absolute Gasteiger partial charge is 0.361 e. The summed E-state index contributed by atoms with van der Waals surface area (Å²) in [4.78, 5) is 6.39. The Hall–Kier alpha value is -2.59. The molecular formula is C19H18FN3. The summed E-state index contributed by atoms with van der Waals surface area (Å²) in [5.74, 6) is -0.189. The van der Waals surface area contributed by atoms with Crippen molar-refractivity contribution in [3.05, 3.63) is 71.8 Å². The van der Waals surface area contributed by atoms with Gasteiger partial charge in [0.2, 0.25) is 0 Å². The van der Waals surface area contributed by atoms with Gasteiger partial charge in [-0.25, -0.2) is 4.39 Å². The van der Waals surface area contributed by atoms with Gasteiger partial charge in [-0.15, -0.1) is 0 Å². The second-order valence-electron chi connectivity index (χ2n) is 5.83. The van der Waals surface area contributed by atoms with E-state index in [1.165, 1.54) is 17.0 Å². The van der Waals surface area contributed by atoms with E-state index in [-0.39, 0.29) is 5.82 Å². The molecule has 3 nitrogen and oxygen atoms in total. The third-order valence-electron chi connectivity index (χ3n) is 4.25. The average Bonchev–Trinajstić information content (AvgIpc) is 3.17. The van der Waals surface area contributed by atoms with E-state index >= 15 is 0 Å². The molecular weight excluding hydrogens is 289 g/mol. The van der Waals surface area contributed by atoms with E-state index in [1.807, 2.05) is 12.4 Å². The van der Waals surface area contributed by atoms with Crippen molar-refractivity contribution in [2.24, 2.45) is 0 Å². The summed E-state index contributed by atoms with van der Waals surface area (Å²) in [7, 11) is 0. The Morgan fingerprint density at radius 1 is 0.957 bits per heavy atom. The molecule has 0 radical (unpaired) electrons. The van der Waals surface area contributed by atoms with Crippen molar-refractivity contribution in [1.82, 2.24) is 15.3 Å². The van der Waals surface area contributed by atoms with Crippen LogP contribution in [0.3, 0.4) is 0 Å². The van der Waals surface area contributed by atoms with Crippen molar-refractivity contribution in [3.8, 4) is 0 Å². The molecule has 0 bridgehead atoms. The SMILES string of the molecule is Fc1ccc2[nH]cc(CCNCc3ccc4[nH]ccc4c3)c2c1. The lowest BCUT2D eigenvalue weighted by Gasteiger charge is -2.05. The summed E-state index contributed by atoms with van der Waals surface area (Å²) in [6.07, 6.45) is 4.80. The smallest absolute Gasteiger partial charge is 0.123 e. The van der Waals surface area contributed by atoms with Crippen LogP contribution >= 0.6 is 0 Å². The predicted molar refractivity (Wildman–Crippen MR) is 92.0 cm³/mol. The van der Waals surface area contributed by atoms with Crippen LogP contribution < -0.4 is 5.32 Å². The van der Waals surface area contributed by atoms with Crippen molar-refractivity contribution in [1.29, 1.82) is 0 Å². The molecule has 0 saturated carbocycles. The fourth-order valence-corrected chi connectivity index (χ4v) is 3.03. The monoisotopic (exact) mass is 307 g/mol. The van der Waals surface area contributed by atoms with Gasteiger partial charge in [0, 0.05) is 35.4 Å². The van der Waals surface area contributed by atoms with Gasteiger partial charge in [-0.2, -0.15) is 0 Å². The summed E-state index contributed by atoms with van der Waals surface area (Å²) < 4.78 is 13.4. The molecule has 4 rings (SSSR count). The molecule has 2 heterocycles. The molecule has 4 heteroatoms. The van der Waals surface area contributed by atoms with Gasteiger partial charge < -0.3 is 15.3 Å². The normalized spacial score (nSPS) is 11.5. The Morgan fingerprint density at radius 2 is 1.87 bits per heavy atom. The van der Waals surface area contributed by atoms with Crippen LogP contribution in [0.15, 0.2) is 54.9 Å². The second-order valence-corrected chi connectivity index (χ2v) is 5.83. The third kappa shape index (κ3) is 2.85. The maximum Gasteiger partial charge on any atom is 0.123 e. The topological polar surface area (TPSA) is 43.6 Å². The number of H-pyrrole nitrogens is 2. The van der Waals surface area contributed by atoms with Gasteiger partial charge in [-0.3, -0.25) is 0 Å². The molecule has 0 spiro atoms. The van der Waals surface area contributed by atoms with Crippen LogP contribution in [0.2, 0.25) is 0 Å². The lowest BCUT2D eigenvalue weighted by Crippen LogP contribution is -2.16. The number of aromatic nitrogens is 2. The van der Waals surface area contributed by atoms with E-state index in [0.29, 0.717) is 0 Å². The number of hydrogen-bond donors (Lipinski definition) is 3. The van der Waals surface area contributed by atoms with Gasteiger partial charge in [0.05, 0.1) is 0 Å². The molecule has 0 amide bonds. The number of aromatic amines is 2. The van der Waals surface area contributed by atoms with Gasteiger partial charge in [-0.05, 0) is 65.9 Å². The number of hydrogen-bond acceptors (Lipinski definition) is 1. The highest BCUT2D eigenvalue weighted by atomic mass is 19.1. The Bertz CT molecular complexity index is 951. The zero-order valence-corrected chi connectivity index (χ0v) is 12.7. The molecule has 0 unspecified atom stereocenters. The molecule has 0 saturated heterocycles. The van der Waals surface area contributed by atoms with Crippen LogP contribution in [0.5, 0.6) is 0 Å². The van der Waals surface area contributed by atoms with Gasteiger partial charge >= 0.3 is 0 Å². The lowest BCUT2D eigenvalue weighted by molar-refractivity contribution is 0.629. The zero-order valence-electron chi connectivity index (χ0n) is 12.7. The van der Waals surface area contributed by atoms with Crippen molar-refractivity contribution in [2.75, 3.05) is 6.54 Å². The summed E-state index contributed by atoms with van der Waals surface area (Å²) >= 11 is 0. The summed E-state index contributed by atoms with van der Waals surface area (Å²) in [6, 6.07) is 13.4. The minimum atomic E-state index is -0.189. The Labute approximate surface area is 133 Å². The van der Waals surface area contributed by atoms with E-state index in [4.69, 9.17) is 0 Å². The van der Waals surface area contributed by atoms with Crippen molar-refractivity contribution >= 4 is 21.8 Å². The quantitative estimate of drug-likeness (QED) is 0.477. The van der Waals surface area contributed by atoms with Crippen LogP contribution in [0.4, 0.5) is 4.39 Å². The van der Waals surface area contributed by atoms with Gasteiger partial charge in [0.1, 0.15) is 5.82 Å². The van der Waals surface area contributed by atoms with Crippen LogP contribution in [0.25, 0.3) is 21.8 Å². The van der Waals surface area contributed by atoms with Crippen molar-refractivity contribution < 1.29 is 4.39 Å². The fraction of sp³-hybridized carbons (Fsp3) is 0.158. The molecule has 0 atom stereocenters. The van der Waals surface area contributed by atoms with Crippen molar-refractivity contribution in [3.63, 3.8) is 0 Å². The third-order valence-corrected chi connectivity index (χ3v) is 4.25. The van der Waals surface area contributed by atoms with E-state index in [1.54, 1.807) is 12.1 Å². The molecule has 116 valence electrons. The Morgan fingerprint density at radius 3 is 2.83 bits per heavy atom. The highest BCUT2D eigenvalue weighted by molar-refractivity contribution is 5.83. The fourth-order valence-electron chi connectivity index (χ4n) is 3.03. The number of halogens is 1. The molecule has 4 aromatic rings. The molecule has 0 aliphatic carbocycles. The maximum atomic E-state index is 13.4. The highest BCUT2D eigenvalue weighted by Crippen LogP contribution is 2.19. The molecule has 2 aromatic carbocycles. The van der Waals surface area contributed by atoms with E-state index < -0.39 is 0 Å². The van der Waals surface area contributed by atoms with Crippen molar-refractivity contribution in [2.45, 2.75) is 13.0 Å². The van der Waals surface area contributed by atoms with Gasteiger partial charge in [0.15, 0.2) is 0 Å². The molecule has 0 fully saturated rings. The van der Waals surface area contributed by atoms with E-state index in [0.717, 1.165) is 41.5 Å². The second kappa shape index (κ2) is 5.89. The molecule has 0 aliphatic rings. The average molecular weight is 307 g/mol. The van der Waals surface area contributed by atoms with Gasteiger partial charge in [0.25, 0.3) is 0 Å². The van der Waals surface area contributed by atoms with Gasteiger partial charge in [-0.1, -0.05) is 6.07 Å². The first-order chi connectivity index (χ1) is 11.3. The first-order valence-electron chi connectivity index (χ1n) is 7.82. The van der Waals surface area contributed by atoms with Crippen LogP contribution in [0.1, 0.15) is 11.1 Å². The van der Waals surface area contributed by atoms with Crippen LogP contribution in [-0.4, -0.2) is 16.5 Å². The number of nitrogens with one attached hydrogen (secondary N) is 3. The molecule has 0 aliphatic heterocycles. The number of rotatable bonds is 5. The Balaban J connectivity index is 1.38. The molecule has 2 aromatic heterocycles. The van der Waals surface area contributed by atoms with Crippen LogP contribution in [-0.2, 0) is 13.0 Å². The maximum absolute atomic E-state index is 13.4. The summed E-state index contributed by atoms with van der Waals surface area (Å²) in [6.45, 7) is 1.69. The Kier molecular flexibility index (Phi) is 3.60. The molecule has 23 heavy (non-hydrogen) atoms.